The van der Waals surface area contributed by atoms with Crippen LogP contribution in [-0.4, -0.2) is 46.4 Å². The maximum absolute atomic E-state index is 12.3. The molecule has 0 aliphatic carbocycles. The standard InChI is InChI=1S/C18H23N3O6/c1-11(8-9-19)14(17(24)25)20-16(23)15(12(2)22)21-18(26)27-10-13-6-4-3-5-7-13/h3-7,11-12,14-15,22H,8,10H2,1-2H3,(H,20,23)(H,21,26)(H,24,25)/t11-,12-,14+,15+/m1/s1. The monoisotopic (exact) mass is 377 g/mol. The highest BCUT2D eigenvalue weighted by Gasteiger charge is 2.32. The minimum Gasteiger partial charge on any atom is -0.480 e. The molecule has 2 amide bonds. The second-order valence-corrected chi connectivity index (χ2v) is 6.09. The van der Waals surface area contributed by atoms with Gasteiger partial charge >= 0.3 is 12.1 Å². The van der Waals surface area contributed by atoms with E-state index in [1.807, 2.05) is 12.1 Å². The van der Waals surface area contributed by atoms with Crippen molar-refractivity contribution in [3.8, 4) is 6.07 Å². The lowest BCUT2D eigenvalue weighted by molar-refractivity contribution is -0.144. The molecule has 4 N–H and O–H groups in total. The number of carboxylic acids is 1. The number of amides is 2. The third kappa shape index (κ3) is 7.33. The van der Waals surface area contributed by atoms with Gasteiger partial charge in [-0.15, -0.1) is 0 Å². The summed E-state index contributed by atoms with van der Waals surface area (Å²) in [5, 5.41) is 32.2. The van der Waals surface area contributed by atoms with E-state index in [1.54, 1.807) is 24.3 Å². The summed E-state index contributed by atoms with van der Waals surface area (Å²) in [6.07, 6.45) is -2.31. The van der Waals surface area contributed by atoms with Gasteiger partial charge in [-0.3, -0.25) is 4.79 Å². The first-order valence-electron chi connectivity index (χ1n) is 8.31. The van der Waals surface area contributed by atoms with Crippen molar-refractivity contribution in [1.29, 1.82) is 5.26 Å². The van der Waals surface area contributed by atoms with Crippen LogP contribution in [0.2, 0.25) is 0 Å². The predicted octanol–water partition coefficient (Wildman–Crippen LogP) is 0.781. The number of hydrogen-bond acceptors (Lipinski definition) is 6. The number of carbonyl (C=O) groups excluding carboxylic acids is 2. The van der Waals surface area contributed by atoms with Gasteiger partial charge in [-0.2, -0.15) is 5.26 Å². The molecular weight excluding hydrogens is 354 g/mol. The highest BCUT2D eigenvalue weighted by atomic mass is 16.5. The summed E-state index contributed by atoms with van der Waals surface area (Å²) in [7, 11) is 0. The van der Waals surface area contributed by atoms with Crippen LogP contribution in [0.3, 0.4) is 0 Å². The number of nitrogens with zero attached hydrogens (tertiary/aromatic N) is 1. The second kappa shape index (κ2) is 10.8. The Morgan fingerprint density at radius 3 is 2.30 bits per heavy atom. The van der Waals surface area contributed by atoms with Crippen LogP contribution in [0, 0.1) is 17.2 Å². The van der Waals surface area contributed by atoms with Crippen LogP contribution in [0.25, 0.3) is 0 Å². The molecule has 1 aromatic rings. The molecule has 9 nitrogen and oxygen atoms in total. The Labute approximate surface area is 156 Å². The largest absolute Gasteiger partial charge is 0.480 e. The molecule has 146 valence electrons. The molecule has 0 saturated heterocycles. The molecule has 0 radical (unpaired) electrons. The van der Waals surface area contributed by atoms with Crippen molar-refractivity contribution in [3.63, 3.8) is 0 Å². The number of aliphatic hydroxyl groups is 1. The molecule has 4 atom stereocenters. The molecule has 1 aromatic carbocycles. The predicted molar refractivity (Wildman–Crippen MR) is 94.2 cm³/mol. The number of carboxylic acid groups (broad SMARTS) is 1. The van der Waals surface area contributed by atoms with Crippen molar-refractivity contribution in [2.75, 3.05) is 0 Å². The zero-order valence-electron chi connectivity index (χ0n) is 15.1. The van der Waals surface area contributed by atoms with Crippen molar-refractivity contribution in [2.24, 2.45) is 5.92 Å². The lowest BCUT2D eigenvalue weighted by Gasteiger charge is -2.25. The fourth-order valence-corrected chi connectivity index (χ4v) is 2.25. The maximum atomic E-state index is 12.3. The van der Waals surface area contributed by atoms with Crippen LogP contribution < -0.4 is 10.6 Å². The van der Waals surface area contributed by atoms with Gasteiger partial charge in [-0.05, 0) is 12.5 Å². The van der Waals surface area contributed by atoms with E-state index in [2.05, 4.69) is 10.6 Å². The van der Waals surface area contributed by atoms with Gasteiger partial charge < -0.3 is 25.6 Å². The number of alkyl carbamates (subject to hydrolysis) is 1. The van der Waals surface area contributed by atoms with Crippen molar-refractivity contribution < 1.29 is 29.3 Å². The number of nitrogens with one attached hydrogen (secondary N) is 2. The lowest BCUT2D eigenvalue weighted by Crippen LogP contribution is -2.57. The Kier molecular flexibility index (Phi) is 8.75. The van der Waals surface area contributed by atoms with E-state index < -0.39 is 42.1 Å². The van der Waals surface area contributed by atoms with Crippen LogP contribution in [0.5, 0.6) is 0 Å². The quantitative estimate of drug-likeness (QED) is 0.497. The molecular formula is C18H23N3O6. The van der Waals surface area contributed by atoms with E-state index in [4.69, 9.17) is 10.00 Å². The van der Waals surface area contributed by atoms with E-state index in [9.17, 15) is 24.6 Å². The van der Waals surface area contributed by atoms with Crippen molar-refractivity contribution in [3.05, 3.63) is 35.9 Å². The summed E-state index contributed by atoms with van der Waals surface area (Å²) in [5.74, 6) is -2.86. The number of benzene rings is 1. The Morgan fingerprint density at radius 2 is 1.78 bits per heavy atom. The highest BCUT2D eigenvalue weighted by Crippen LogP contribution is 2.09. The molecule has 27 heavy (non-hydrogen) atoms. The maximum Gasteiger partial charge on any atom is 0.408 e. The van der Waals surface area contributed by atoms with Gasteiger partial charge in [0, 0.05) is 12.3 Å². The first-order chi connectivity index (χ1) is 12.8. The van der Waals surface area contributed by atoms with Gasteiger partial charge in [0.2, 0.25) is 5.91 Å². The molecule has 0 aromatic heterocycles. The molecule has 9 heteroatoms. The van der Waals surface area contributed by atoms with Gasteiger partial charge in [0.1, 0.15) is 18.7 Å². The summed E-state index contributed by atoms with van der Waals surface area (Å²) in [4.78, 5) is 35.6. The lowest BCUT2D eigenvalue weighted by atomic mass is 9.98. The summed E-state index contributed by atoms with van der Waals surface area (Å²) in [6, 6.07) is 7.95. The zero-order chi connectivity index (χ0) is 20.4. The minimum absolute atomic E-state index is 0.0300. The van der Waals surface area contributed by atoms with Crippen molar-refractivity contribution in [1.82, 2.24) is 10.6 Å². The minimum atomic E-state index is -1.41. The number of aliphatic carboxylic acids is 1. The Morgan fingerprint density at radius 1 is 1.15 bits per heavy atom. The van der Waals surface area contributed by atoms with Gasteiger partial charge in [0.25, 0.3) is 0 Å². The number of carbonyl (C=O) groups is 3. The van der Waals surface area contributed by atoms with Gasteiger partial charge in [0.05, 0.1) is 12.2 Å². The first-order valence-corrected chi connectivity index (χ1v) is 8.31. The molecule has 0 saturated carbocycles. The molecule has 0 spiro atoms. The normalized spacial score (nSPS) is 14.7. The first kappa shape index (κ1) is 21.9. The average Bonchev–Trinajstić information content (AvgIpc) is 2.62. The number of nitriles is 1. The number of ether oxygens (including phenoxy) is 1. The Hall–Kier alpha value is -3.12. The second-order valence-electron chi connectivity index (χ2n) is 6.09. The molecule has 1 rings (SSSR count). The van der Waals surface area contributed by atoms with E-state index in [-0.39, 0.29) is 13.0 Å². The van der Waals surface area contributed by atoms with E-state index in [1.165, 1.54) is 13.8 Å². The SMILES string of the molecule is C[C@H](CC#N)[C@H](NC(=O)[C@@H](NC(=O)OCc1ccccc1)[C@@H](C)O)C(=O)O. The topological polar surface area (TPSA) is 149 Å². The van der Waals surface area contributed by atoms with Crippen LogP contribution in [0.15, 0.2) is 30.3 Å². The average molecular weight is 377 g/mol. The van der Waals surface area contributed by atoms with E-state index in [0.29, 0.717) is 0 Å². The molecule has 0 unspecified atom stereocenters. The summed E-state index contributed by atoms with van der Waals surface area (Å²) in [6.45, 7) is 2.75. The van der Waals surface area contributed by atoms with Crippen LogP contribution in [0.1, 0.15) is 25.8 Å². The number of rotatable bonds is 9. The smallest absolute Gasteiger partial charge is 0.408 e. The molecule has 0 heterocycles. The number of aliphatic hydroxyl groups excluding tert-OH is 1. The third-order valence-corrected chi connectivity index (χ3v) is 3.80. The van der Waals surface area contributed by atoms with Crippen LogP contribution in [-0.2, 0) is 20.9 Å². The third-order valence-electron chi connectivity index (χ3n) is 3.80. The molecule has 0 fully saturated rings. The zero-order valence-corrected chi connectivity index (χ0v) is 15.1. The van der Waals surface area contributed by atoms with Gasteiger partial charge in [-0.1, -0.05) is 37.3 Å². The molecule has 0 aliphatic heterocycles. The highest BCUT2D eigenvalue weighted by molar-refractivity contribution is 5.89. The van der Waals surface area contributed by atoms with E-state index >= 15 is 0 Å². The Balaban J connectivity index is 2.70. The van der Waals surface area contributed by atoms with Crippen LogP contribution >= 0.6 is 0 Å². The fourth-order valence-electron chi connectivity index (χ4n) is 2.25. The van der Waals surface area contributed by atoms with E-state index in [0.717, 1.165) is 5.56 Å². The van der Waals surface area contributed by atoms with Gasteiger partial charge in [-0.25, -0.2) is 9.59 Å². The fraction of sp³-hybridized carbons (Fsp3) is 0.444. The summed E-state index contributed by atoms with van der Waals surface area (Å²) >= 11 is 0. The number of hydrogen-bond donors (Lipinski definition) is 4. The van der Waals surface area contributed by atoms with Crippen molar-refractivity contribution >= 4 is 18.0 Å². The summed E-state index contributed by atoms with van der Waals surface area (Å²) < 4.78 is 5.00. The molecule has 0 bridgehead atoms. The van der Waals surface area contributed by atoms with Crippen LogP contribution in [0.4, 0.5) is 4.79 Å². The van der Waals surface area contributed by atoms with Crippen molar-refractivity contribution in [2.45, 2.75) is 45.1 Å². The molecule has 0 aliphatic rings. The summed E-state index contributed by atoms with van der Waals surface area (Å²) in [5.41, 5.74) is 0.738. The Bertz CT molecular complexity index is 686. The van der Waals surface area contributed by atoms with Gasteiger partial charge in [0.15, 0.2) is 0 Å².